The highest BCUT2D eigenvalue weighted by Crippen LogP contribution is 2.47. The van der Waals surface area contributed by atoms with Crippen LogP contribution in [0.4, 0.5) is 0 Å². The predicted octanol–water partition coefficient (Wildman–Crippen LogP) is -7.59. The fourth-order valence-corrected chi connectivity index (χ4v) is 14.7. The van der Waals surface area contributed by atoms with Gasteiger partial charge >= 0.3 is 0 Å². The minimum atomic E-state index is -5.47. The van der Waals surface area contributed by atoms with Crippen molar-refractivity contribution in [2.24, 2.45) is 0 Å². The Balaban J connectivity index is 1.06. The number of carbonyl (C=O) groups is 6. The van der Waals surface area contributed by atoms with E-state index < -0.39 is 240 Å². The Morgan fingerprint density at radius 3 is 1.00 bits per heavy atom. The zero-order valence-electron chi connectivity index (χ0n) is 54.5. The quantitative estimate of drug-likeness (QED) is 0.0202. The molecule has 0 aliphatic carbocycles. The first-order valence-corrected chi connectivity index (χ1v) is 36.5. The van der Waals surface area contributed by atoms with Crippen molar-refractivity contribution < 1.29 is 164 Å². The molecule has 13 N–H and O–H groups in total. The summed E-state index contributed by atoms with van der Waals surface area (Å²) in [6, 6.07) is -6.98. The first kappa shape index (κ1) is 83.5. The molecule has 6 saturated heterocycles. The van der Waals surface area contributed by atoms with E-state index in [1.807, 2.05) is 0 Å². The number of carbonyl (C=O) groups excluding carboxylic acids is 6. The van der Waals surface area contributed by atoms with Crippen LogP contribution in [-0.4, -0.2) is 316 Å². The number of unbranched alkanes of at least 4 members (excludes halogenated alkanes) is 3. The maximum Gasteiger partial charge on any atom is 0.268 e. The lowest BCUT2D eigenvalue weighted by atomic mass is 9.97. The van der Waals surface area contributed by atoms with E-state index in [2.05, 4.69) is 20.5 Å². The zero-order chi connectivity index (χ0) is 72.4. The normalized spacial score (nSPS) is 34.7. The average molecular weight is 1480 g/mol. The molecule has 6 aliphatic rings. The van der Waals surface area contributed by atoms with Crippen LogP contribution in [0.15, 0.2) is 0 Å². The average Bonchev–Trinajstić information content (AvgIpc) is 1.34. The number of phosphoric ester groups is 3. The minimum absolute atomic E-state index is 0.0571. The number of ether oxygens (including phenoxy) is 6. The van der Waals surface area contributed by atoms with Crippen molar-refractivity contribution in [1.29, 1.82) is 0 Å². The highest BCUT2D eigenvalue weighted by Gasteiger charge is 2.49. The van der Waals surface area contributed by atoms with Gasteiger partial charge in [0.25, 0.3) is 23.5 Å². The van der Waals surface area contributed by atoms with Gasteiger partial charge in [-0.1, -0.05) is 0 Å². The second kappa shape index (κ2) is 38.9. The largest absolute Gasteiger partial charge is 0.756 e. The predicted molar refractivity (Wildman–Crippen MR) is 319 cm³/mol. The molecule has 98 heavy (non-hydrogen) atoms. The van der Waals surface area contributed by atoms with Gasteiger partial charge in [0.1, 0.15) is 73.1 Å². The number of hydrogen-bond acceptors (Lipinski definition) is 34. The molecule has 6 rings (SSSR count). The molecule has 0 aromatic rings. The first-order chi connectivity index (χ1) is 46.2. The summed E-state index contributed by atoms with van der Waals surface area (Å²) in [5, 5.41) is 109. The molecule has 566 valence electrons. The van der Waals surface area contributed by atoms with Gasteiger partial charge in [0.15, 0.2) is 18.9 Å². The second-order valence-corrected chi connectivity index (χ2v) is 28.8. The Morgan fingerprint density at radius 2 is 0.724 bits per heavy atom. The minimum Gasteiger partial charge on any atom is -0.756 e. The molecule has 9 unspecified atom stereocenters. The number of likely N-dealkylation sites (tertiary alicyclic amines) is 3. The first-order valence-electron chi connectivity index (χ1n) is 32.1. The third kappa shape index (κ3) is 24.3. The molecule has 43 heteroatoms. The van der Waals surface area contributed by atoms with Crippen LogP contribution in [0.25, 0.3) is 0 Å². The summed E-state index contributed by atoms with van der Waals surface area (Å²) in [5.74, 6) is -3.53. The Morgan fingerprint density at radius 1 is 0.439 bits per heavy atom. The van der Waals surface area contributed by atoms with Crippen LogP contribution in [0.3, 0.4) is 0 Å². The van der Waals surface area contributed by atoms with Gasteiger partial charge in [-0.2, -0.15) is 0 Å². The molecule has 6 heterocycles. The smallest absolute Gasteiger partial charge is 0.268 e. The van der Waals surface area contributed by atoms with Gasteiger partial charge in [0, 0.05) is 86.6 Å². The van der Waals surface area contributed by atoms with Crippen LogP contribution in [0.1, 0.15) is 97.8 Å². The van der Waals surface area contributed by atoms with Gasteiger partial charge < -0.3 is 152 Å². The highest BCUT2D eigenvalue weighted by atomic mass is 31.2. The molecule has 0 aromatic carbocycles. The van der Waals surface area contributed by atoms with E-state index in [-0.39, 0.29) is 104 Å². The zero-order valence-corrected chi connectivity index (χ0v) is 57.2. The van der Waals surface area contributed by atoms with Crippen molar-refractivity contribution in [3.8, 4) is 0 Å². The number of aliphatic hydroxyl groups excluding tert-OH is 10. The summed E-state index contributed by atoms with van der Waals surface area (Å²) >= 11 is 0. The summed E-state index contributed by atoms with van der Waals surface area (Å²) in [5.41, 5.74) is 0. The number of aliphatic hydroxyl groups is 10. The van der Waals surface area contributed by atoms with Gasteiger partial charge in [-0.3, -0.25) is 42.5 Å². The van der Waals surface area contributed by atoms with Gasteiger partial charge in [-0.25, -0.2) is 0 Å². The third-order valence-electron chi connectivity index (χ3n) is 17.2. The van der Waals surface area contributed by atoms with E-state index in [0.29, 0.717) is 0 Å². The molecule has 0 bridgehead atoms. The number of phosphoric acid groups is 3. The van der Waals surface area contributed by atoms with Gasteiger partial charge in [0.05, 0.1) is 76.1 Å². The van der Waals surface area contributed by atoms with E-state index in [1.165, 1.54) is 11.8 Å². The molecule has 6 amide bonds. The Bertz CT molecular complexity index is 2740. The lowest BCUT2D eigenvalue weighted by molar-refractivity contribution is -0.270. The molecule has 6 aliphatic heterocycles. The van der Waals surface area contributed by atoms with Crippen molar-refractivity contribution in [3.05, 3.63) is 0 Å². The highest BCUT2D eigenvalue weighted by molar-refractivity contribution is 7.46. The monoisotopic (exact) mass is 1480 g/mol. The summed E-state index contributed by atoms with van der Waals surface area (Å²) in [7, 11) is -14.9. The summed E-state index contributed by atoms with van der Waals surface area (Å²) < 4.78 is 104. The van der Waals surface area contributed by atoms with Crippen LogP contribution in [0.5, 0.6) is 0 Å². The Kier molecular flexibility index (Phi) is 33.1. The van der Waals surface area contributed by atoms with Crippen LogP contribution >= 0.6 is 23.5 Å². The molecule has 0 radical (unpaired) electrons. The Hall–Kier alpha value is -3.49. The molecule has 0 saturated carbocycles. The Labute approximate surface area is 564 Å². The van der Waals surface area contributed by atoms with Gasteiger partial charge in [-0.15, -0.1) is 0 Å². The van der Waals surface area contributed by atoms with E-state index in [9.17, 15) is 108 Å². The third-order valence-corrected chi connectivity index (χ3v) is 20.2. The van der Waals surface area contributed by atoms with E-state index in [0.717, 1.165) is 30.8 Å². The summed E-state index contributed by atoms with van der Waals surface area (Å²) in [6.45, 7) is -2.38. The fourth-order valence-electron chi connectivity index (χ4n) is 12.3. The van der Waals surface area contributed by atoms with Crippen LogP contribution < -0.4 is 30.6 Å². The van der Waals surface area contributed by atoms with E-state index in [4.69, 9.17) is 51.0 Å². The van der Waals surface area contributed by atoms with Gasteiger partial charge in [-0.05, 0) is 57.8 Å². The molecule has 0 aromatic heterocycles. The lowest BCUT2D eigenvalue weighted by Gasteiger charge is -2.42. The number of nitrogens with one attached hydrogen (secondary N) is 3. The van der Waals surface area contributed by atoms with Crippen molar-refractivity contribution >= 4 is 58.9 Å². The fraction of sp³-hybridized carbons (Fsp3) is 0.891. The van der Waals surface area contributed by atoms with Crippen molar-refractivity contribution in [2.75, 3.05) is 86.2 Å². The topological polar surface area (TPSA) is 582 Å². The van der Waals surface area contributed by atoms with Crippen LogP contribution in [0, 0.1) is 0 Å². The number of nitrogens with zero attached hydrogens (tertiary/aromatic N) is 3. The maximum absolute atomic E-state index is 14.0. The standard InChI is InChI=1S/C55H97N6O34P3/c1-29(66)56-44-50(75)47(72)38(24-63)90-53(44)85-14-8-5-11-41(69)59-20-35(17-32(59)23-62)94-97(80,81)88-28-34-19-37(22-61(34)43(71)13-7-10-16-87-55-46(58-31(3)68)52(77)49(74)40(26-65)92-55)95-98(82,83)89-27-33-18-36(93-96(78,79)84-4)21-60(33)42(70)12-6-9-15-86-54-45(57-30(2)67)51(76)48(73)39(25-64)91-54/h32-40,44-55,62-65,72-77H,5-28H2,1-4H3,(H,56,66)(H,57,67)(H,58,68)(H,78,79)(H,80,81)(H,82,83)/p-3/t32-,33-,34-,35+,36+,37+,38?,39?,40?,44?,45?,46?,47-,48-,49-,50+,51+,52+,53+,54+,55+/m0/s1. The molecule has 0 spiro atoms. The molecule has 24 atom stereocenters. The van der Waals surface area contributed by atoms with E-state index >= 15 is 0 Å². The molecule has 40 nitrogen and oxygen atoms in total. The van der Waals surface area contributed by atoms with E-state index in [1.54, 1.807) is 0 Å². The summed E-state index contributed by atoms with van der Waals surface area (Å²) in [6.07, 6.45) is -21.7. The SMILES string of the molecule is COP(=O)([O-])O[C@@H]1C[C@@H](COP(=O)([O-])O[C@@H]2C[C@@H](COP(=O)([O-])O[C@@H]3C[C@@H](CO)N(C(=O)CCCCO[C@@H]4OC(CO)[C@H](O)[C@H](O)C4NC(C)=O)C3)N(C(=O)CCCCO[C@@H]3OC(CO)[C@H](O)[C@H](O)C3NC(C)=O)C2)N(C(=O)CCCCO[C@@H]2OC(CO)[C@H](O)[C@H](O)C2NC(C)=O)C1. The summed E-state index contributed by atoms with van der Waals surface area (Å²) in [4.78, 5) is 120. The van der Waals surface area contributed by atoms with Crippen molar-refractivity contribution in [2.45, 2.75) is 226 Å². The van der Waals surface area contributed by atoms with Crippen molar-refractivity contribution in [1.82, 2.24) is 30.7 Å². The number of hydrogen-bond donors (Lipinski definition) is 13. The second-order valence-electron chi connectivity index (χ2n) is 24.6. The van der Waals surface area contributed by atoms with Crippen LogP contribution in [0.2, 0.25) is 0 Å². The van der Waals surface area contributed by atoms with Gasteiger partial charge in [0.2, 0.25) is 35.4 Å². The van der Waals surface area contributed by atoms with Crippen LogP contribution in [-0.2, 0) is 98.0 Å². The number of rotatable bonds is 38. The number of amides is 6. The molecule has 6 fully saturated rings. The van der Waals surface area contributed by atoms with Crippen molar-refractivity contribution in [3.63, 3.8) is 0 Å². The molecular formula is C55H94N6O34P3-3. The maximum atomic E-state index is 14.0. The molecular weight excluding hydrogens is 1380 g/mol. The lowest BCUT2D eigenvalue weighted by Crippen LogP contribution is -2.64.